The molecule has 0 bridgehead atoms. The standard InChI is InChI=1S/C23H26N4O/c1-3-26-16-20(18(2)24-26)15-25-13-14-27(23(28)17-25)22-12-8-7-11-21(22)19-9-5-4-6-10-19/h4-12,16H,3,13-15,17H2,1-2H3. The van der Waals surface area contributed by atoms with E-state index in [0.717, 1.165) is 42.1 Å². The third-order valence-electron chi connectivity index (χ3n) is 5.35. The molecule has 1 saturated heterocycles. The smallest absolute Gasteiger partial charge is 0.241 e. The number of hydrogen-bond acceptors (Lipinski definition) is 3. The van der Waals surface area contributed by atoms with Gasteiger partial charge in [0.05, 0.1) is 17.9 Å². The van der Waals surface area contributed by atoms with Gasteiger partial charge >= 0.3 is 0 Å². The molecule has 0 N–H and O–H groups in total. The fourth-order valence-corrected chi connectivity index (χ4v) is 3.80. The Bertz CT molecular complexity index is 964. The lowest BCUT2D eigenvalue weighted by Crippen LogP contribution is -2.50. The molecule has 144 valence electrons. The Kier molecular flexibility index (Phi) is 5.26. The maximum atomic E-state index is 13.0. The van der Waals surface area contributed by atoms with Crippen molar-refractivity contribution in [2.75, 3.05) is 24.5 Å². The van der Waals surface area contributed by atoms with Crippen molar-refractivity contribution in [3.63, 3.8) is 0 Å². The minimum absolute atomic E-state index is 0.148. The van der Waals surface area contributed by atoms with Gasteiger partial charge < -0.3 is 4.90 Å². The highest BCUT2D eigenvalue weighted by molar-refractivity contribution is 5.99. The largest absolute Gasteiger partial charge is 0.309 e. The minimum atomic E-state index is 0.148. The SMILES string of the molecule is CCn1cc(CN2CCN(c3ccccc3-c3ccccc3)C(=O)C2)c(C)n1. The summed E-state index contributed by atoms with van der Waals surface area (Å²) in [6.45, 7) is 7.74. The Labute approximate surface area is 166 Å². The molecule has 1 aliphatic heterocycles. The molecule has 0 unspecified atom stereocenters. The van der Waals surface area contributed by atoms with Gasteiger partial charge in [-0.25, -0.2) is 0 Å². The van der Waals surface area contributed by atoms with E-state index in [1.165, 1.54) is 5.56 Å². The van der Waals surface area contributed by atoms with Crippen LogP contribution in [0.15, 0.2) is 60.8 Å². The summed E-state index contributed by atoms with van der Waals surface area (Å²) < 4.78 is 1.96. The van der Waals surface area contributed by atoms with Gasteiger partial charge in [0.1, 0.15) is 0 Å². The first-order valence-electron chi connectivity index (χ1n) is 9.86. The Balaban J connectivity index is 1.51. The molecule has 5 heteroatoms. The van der Waals surface area contributed by atoms with E-state index in [-0.39, 0.29) is 5.91 Å². The molecule has 4 rings (SSSR count). The van der Waals surface area contributed by atoms with Crippen molar-refractivity contribution in [2.45, 2.75) is 26.9 Å². The number of para-hydroxylation sites is 1. The van der Waals surface area contributed by atoms with Crippen molar-refractivity contribution in [2.24, 2.45) is 0 Å². The van der Waals surface area contributed by atoms with Crippen LogP contribution in [0, 0.1) is 6.92 Å². The van der Waals surface area contributed by atoms with Crippen molar-refractivity contribution < 1.29 is 4.79 Å². The summed E-state index contributed by atoms with van der Waals surface area (Å²) in [7, 11) is 0. The van der Waals surface area contributed by atoms with Gasteiger partial charge in [-0.15, -0.1) is 0 Å². The van der Waals surface area contributed by atoms with Gasteiger partial charge in [0.25, 0.3) is 0 Å². The van der Waals surface area contributed by atoms with Crippen molar-refractivity contribution in [3.8, 4) is 11.1 Å². The summed E-state index contributed by atoms with van der Waals surface area (Å²) in [5, 5.41) is 4.52. The second-order valence-electron chi connectivity index (χ2n) is 7.23. The molecule has 28 heavy (non-hydrogen) atoms. The predicted molar refractivity (Wildman–Crippen MR) is 112 cm³/mol. The summed E-state index contributed by atoms with van der Waals surface area (Å²) >= 11 is 0. The molecule has 1 aliphatic rings. The van der Waals surface area contributed by atoms with Crippen LogP contribution in [0.1, 0.15) is 18.2 Å². The van der Waals surface area contributed by atoms with Gasteiger partial charge in [0.2, 0.25) is 5.91 Å². The highest BCUT2D eigenvalue weighted by Crippen LogP contribution is 2.31. The zero-order chi connectivity index (χ0) is 19.5. The van der Waals surface area contributed by atoms with Crippen LogP contribution in [0.5, 0.6) is 0 Å². The fourth-order valence-electron chi connectivity index (χ4n) is 3.80. The van der Waals surface area contributed by atoms with E-state index >= 15 is 0 Å². The van der Waals surface area contributed by atoms with Gasteiger partial charge in [-0.2, -0.15) is 5.10 Å². The van der Waals surface area contributed by atoms with E-state index in [1.807, 2.05) is 52.9 Å². The number of carbonyl (C=O) groups excluding carboxylic acids is 1. The third-order valence-corrected chi connectivity index (χ3v) is 5.35. The number of aromatic nitrogens is 2. The van der Waals surface area contributed by atoms with Gasteiger partial charge in [0.15, 0.2) is 0 Å². The van der Waals surface area contributed by atoms with Crippen molar-refractivity contribution in [1.82, 2.24) is 14.7 Å². The summed E-state index contributed by atoms with van der Waals surface area (Å²) in [4.78, 5) is 17.1. The minimum Gasteiger partial charge on any atom is -0.309 e. The van der Waals surface area contributed by atoms with E-state index in [1.54, 1.807) is 0 Å². The fraction of sp³-hybridized carbons (Fsp3) is 0.304. The maximum Gasteiger partial charge on any atom is 0.241 e. The molecule has 1 aromatic heterocycles. The number of carbonyl (C=O) groups is 1. The first kappa shape index (κ1) is 18.4. The van der Waals surface area contributed by atoms with Crippen molar-refractivity contribution in [3.05, 3.63) is 72.1 Å². The van der Waals surface area contributed by atoms with Crippen LogP contribution in [0.3, 0.4) is 0 Å². The van der Waals surface area contributed by atoms with Crippen molar-refractivity contribution in [1.29, 1.82) is 0 Å². The number of rotatable bonds is 5. The number of anilines is 1. The van der Waals surface area contributed by atoms with Crippen LogP contribution < -0.4 is 4.90 Å². The lowest BCUT2D eigenvalue weighted by Gasteiger charge is -2.35. The molecule has 0 radical (unpaired) electrons. The lowest BCUT2D eigenvalue weighted by atomic mass is 10.0. The van der Waals surface area contributed by atoms with Crippen LogP contribution >= 0.6 is 0 Å². The molecule has 3 aromatic rings. The average Bonchev–Trinajstić information content (AvgIpc) is 3.08. The Hall–Kier alpha value is -2.92. The monoisotopic (exact) mass is 374 g/mol. The molecule has 2 heterocycles. The quantitative estimate of drug-likeness (QED) is 0.683. The summed E-state index contributed by atoms with van der Waals surface area (Å²) in [6.07, 6.45) is 2.09. The first-order valence-corrected chi connectivity index (χ1v) is 9.86. The summed E-state index contributed by atoms with van der Waals surface area (Å²) in [6, 6.07) is 18.4. The van der Waals surface area contributed by atoms with Gasteiger partial charge in [-0.05, 0) is 25.5 Å². The maximum absolute atomic E-state index is 13.0. The van der Waals surface area contributed by atoms with Crippen LogP contribution in [0.4, 0.5) is 5.69 Å². The second-order valence-corrected chi connectivity index (χ2v) is 7.23. The van der Waals surface area contributed by atoms with Crippen molar-refractivity contribution >= 4 is 11.6 Å². The van der Waals surface area contributed by atoms with E-state index in [9.17, 15) is 4.79 Å². The topological polar surface area (TPSA) is 41.4 Å². The van der Waals surface area contributed by atoms with Gasteiger partial charge in [-0.1, -0.05) is 48.5 Å². The zero-order valence-electron chi connectivity index (χ0n) is 16.5. The number of nitrogens with zero attached hydrogens (tertiary/aromatic N) is 4. The van der Waals surface area contributed by atoms with Gasteiger partial charge in [0, 0.05) is 43.5 Å². The molecule has 5 nitrogen and oxygen atoms in total. The Morgan fingerprint density at radius 2 is 1.75 bits per heavy atom. The highest BCUT2D eigenvalue weighted by atomic mass is 16.2. The molecule has 1 fully saturated rings. The van der Waals surface area contributed by atoms with E-state index in [0.29, 0.717) is 13.1 Å². The zero-order valence-corrected chi connectivity index (χ0v) is 16.5. The normalized spacial score (nSPS) is 15.2. The lowest BCUT2D eigenvalue weighted by molar-refractivity contribution is -0.121. The summed E-state index contributed by atoms with van der Waals surface area (Å²) in [5.41, 5.74) is 5.48. The number of hydrogen-bond donors (Lipinski definition) is 0. The number of aryl methyl sites for hydroxylation is 2. The average molecular weight is 374 g/mol. The number of benzene rings is 2. The molecular weight excluding hydrogens is 348 g/mol. The van der Waals surface area contributed by atoms with E-state index < -0.39 is 0 Å². The predicted octanol–water partition coefficient (Wildman–Crippen LogP) is 3.73. The first-order chi connectivity index (χ1) is 13.7. The second kappa shape index (κ2) is 7.98. The molecule has 1 amide bonds. The summed E-state index contributed by atoms with van der Waals surface area (Å²) in [5.74, 6) is 0.148. The molecule has 0 spiro atoms. The van der Waals surface area contributed by atoms with Crippen LogP contribution in [-0.2, 0) is 17.9 Å². The third kappa shape index (κ3) is 3.71. The van der Waals surface area contributed by atoms with Gasteiger partial charge in [-0.3, -0.25) is 14.4 Å². The Morgan fingerprint density at radius 1 is 1.00 bits per heavy atom. The molecule has 0 atom stereocenters. The molecule has 0 saturated carbocycles. The van der Waals surface area contributed by atoms with E-state index in [2.05, 4.69) is 41.3 Å². The number of piperazine rings is 1. The van der Waals surface area contributed by atoms with Crippen LogP contribution in [0.25, 0.3) is 11.1 Å². The molecular formula is C23H26N4O. The Morgan fingerprint density at radius 3 is 2.46 bits per heavy atom. The highest BCUT2D eigenvalue weighted by Gasteiger charge is 2.27. The van der Waals surface area contributed by atoms with E-state index in [4.69, 9.17) is 0 Å². The number of amides is 1. The van der Waals surface area contributed by atoms with Crippen LogP contribution in [-0.4, -0.2) is 40.2 Å². The van der Waals surface area contributed by atoms with Crippen LogP contribution in [0.2, 0.25) is 0 Å². The molecule has 2 aromatic carbocycles. The molecule has 0 aliphatic carbocycles.